The van der Waals surface area contributed by atoms with Crippen molar-refractivity contribution in [3.8, 4) is 0 Å². The average Bonchev–Trinajstić information content (AvgIpc) is 3.26. The maximum atomic E-state index is 13.1. The lowest BCUT2D eigenvalue weighted by Gasteiger charge is -2.46. The van der Waals surface area contributed by atoms with Gasteiger partial charge in [0.05, 0.1) is 32.0 Å². The van der Waals surface area contributed by atoms with E-state index >= 15 is 0 Å². The molecule has 0 aromatic rings. The Morgan fingerprint density at radius 3 is 1.69 bits per heavy atom. The summed E-state index contributed by atoms with van der Waals surface area (Å²) in [4.78, 5) is 13.1. The minimum atomic E-state index is -1.79. The van der Waals surface area contributed by atoms with Gasteiger partial charge in [-0.3, -0.25) is 4.79 Å². The van der Waals surface area contributed by atoms with E-state index in [0.717, 1.165) is 64.2 Å². The van der Waals surface area contributed by atoms with Crippen LogP contribution in [0.2, 0.25) is 0 Å². The van der Waals surface area contributed by atoms with Crippen LogP contribution in [0.3, 0.4) is 0 Å². The predicted molar refractivity (Wildman–Crippen MR) is 235 cm³/mol. The molecular formula is C47H85NO13. The van der Waals surface area contributed by atoms with Gasteiger partial charge in [0.1, 0.15) is 48.8 Å². The van der Waals surface area contributed by atoms with Gasteiger partial charge in [0.25, 0.3) is 0 Å². The zero-order valence-electron chi connectivity index (χ0n) is 37.4. The molecule has 61 heavy (non-hydrogen) atoms. The Morgan fingerprint density at radius 2 is 1.10 bits per heavy atom. The smallest absolute Gasteiger partial charge is 0.220 e. The molecule has 2 fully saturated rings. The molecule has 1 amide bonds. The first-order chi connectivity index (χ1) is 29.6. The van der Waals surface area contributed by atoms with E-state index in [1.54, 1.807) is 6.08 Å². The third kappa shape index (κ3) is 22.6. The van der Waals surface area contributed by atoms with Gasteiger partial charge in [-0.1, -0.05) is 147 Å². The highest BCUT2D eigenvalue weighted by Crippen LogP contribution is 2.30. The van der Waals surface area contributed by atoms with E-state index in [-0.39, 0.29) is 18.9 Å². The zero-order chi connectivity index (χ0) is 44.7. The molecule has 14 nitrogen and oxygen atoms in total. The first kappa shape index (κ1) is 55.3. The van der Waals surface area contributed by atoms with Gasteiger partial charge in [-0.25, -0.2) is 0 Å². The number of amides is 1. The van der Waals surface area contributed by atoms with Crippen LogP contribution in [0.4, 0.5) is 0 Å². The van der Waals surface area contributed by atoms with Crippen LogP contribution in [-0.2, 0) is 23.7 Å². The lowest BCUT2D eigenvalue weighted by Crippen LogP contribution is -2.65. The van der Waals surface area contributed by atoms with Crippen molar-refractivity contribution in [2.24, 2.45) is 0 Å². The largest absolute Gasteiger partial charge is 0.394 e. The van der Waals surface area contributed by atoms with Crippen molar-refractivity contribution < 1.29 is 64.6 Å². The van der Waals surface area contributed by atoms with Gasteiger partial charge < -0.3 is 65.1 Å². The van der Waals surface area contributed by atoms with Crippen LogP contribution in [0.1, 0.15) is 162 Å². The monoisotopic (exact) mass is 872 g/mol. The van der Waals surface area contributed by atoms with Crippen molar-refractivity contribution in [1.29, 1.82) is 0 Å². The van der Waals surface area contributed by atoms with E-state index in [4.69, 9.17) is 18.9 Å². The Morgan fingerprint density at radius 1 is 0.590 bits per heavy atom. The second kappa shape index (κ2) is 34.6. The number of unbranched alkanes of at least 4 members (excludes halogenated alkanes) is 18. The number of hydrogen-bond acceptors (Lipinski definition) is 13. The minimum Gasteiger partial charge on any atom is -0.394 e. The maximum Gasteiger partial charge on any atom is 0.220 e. The van der Waals surface area contributed by atoms with E-state index in [1.807, 2.05) is 6.08 Å². The number of carbonyl (C=O) groups excluding carboxylic acids is 1. The Hall–Kier alpha value is -1.79. The lowest BCUT2D eigenvalue weighted by molar-refractivity contribution is -0.359. The molecule has 2 aliphatic rings. The molecule has 0 aromatic carbocycles. The van der Waals surface area contributed by atoms with Crippen molar-refractivity contribution in [2.75, 3.05) is 19.8 Å². The third-order valence-electron chi connectivity index (χ3n) is 11.6. The van der Waals surface area contributed by atoms with Crippen LogP contribution in [0.25, 0.3) is 0 Å². The molecule has 356 valence electrons. The number of hydrogen-bond donors (Lipinski definition) is 9. The summed E-state index contributed by atoms with van der Waals surface area (Å²) in [5.74, 6) is -0.257. The molecule has 0 aromatic heterocycles. The fourth-order valence-electron chi connectivity index (χ4n) is 7.60. The summed E-state index contributed by atoms with van der Waals surface area (Å²) in [6.45, 7) is 2.70. The Kier molecular flexibility index (Phi) is 31.4. The van der Waals surface area contributed by atoms with Crippen molar-refractivity contribution in [3.05, 3.63) is 36.5 Å². The van der Waals surface area contributed by atoms with Crippen LogP contribution in [0.5, 0.6) is 0 Å². The molecule has 2 heterocycles. The molecule has 0 spiro atoms. The van der Waals surface area contributed by atoms with Gasteiger partial charge in [0.15, 0.2) is 12.6 Å². The van der Waals surface area contributed by atoms with Crippen molar-refractivity contribution in [2.45, 2.75) is 235 Å². The number of aliphatic hydroxyl groups is 8. The van der Waals surface area contributed by atoms with E-state index < -0.39 is 86.8 Å². The molecule has 2 aliphatic heterocycles. The second-order valence-electron chi connectivity index (χ2n) is 16.9. The maximum absolute atomic E-state index is 13.1. The summed E-state index contributed by atoms with van der Waals surface area (Å²) < 4.78 is 22.6. The summed E-state index contributed by atoms with van der Waals surface area (Å²) in [5.41, 5.74) is 0. The molecule has 0 bridgehead atoms. The minimum absolute atomic E-state index is 0.257. The van der Waals surface area contributed by atoms with Crippen LogP contribution in [0.15, 0.2) is 36.5 Å². The quantitative estimate of drug-likeness (QED) is 0.0297. The van der Waals surface area contributed by atoms with Crippen molar-refractivity contribution in [3.63, 3.8) is 0 Å². The fraction of sp³-hybridized carbons (Fsp3) is 0.851. The van der Waals surface area contributed by atoms with Crippen LogP contribution in [0, 0.1) is 0 Å². The van der Waals surface area contributed by atoms with Gasteiger partial charge in [0, 0.05) is 6.42 Å². The summed E-state index contributed by atoms with van der Waals surface area (Å²) in [6.07, 6.45) is 20.4. The molecule has 0 aliphatic carbocycles. The van der Waals surface area contributed by atoms with Crippen LogP contribution >= 0.6 is 0 Å². The number of rotatable bonds is 35. The highest BCUT2D eigenvalue weighted by atomic mass is 16.7. The summed E-state index contributed by atoms with van der Waals surface area (Å²) in [6, 6.07) is -0.919. The molecule has 0 radical (unpaired) electrons. The van der Waals surface area contributed by atoms with Gasteiger partial charge in [-0.05, 0) is 44.9 Å². The Balaban J connectivity index is 1.90. The number of ether oxygens (including phenoxy) is 4. The van der Waals surface area contributed by atoms with Crippen LogP contribution < -0.4 is 5.32 Å². The first-order valence-electron chi connectivity index (χ1n) is 23.7. The van der Waals surface area contributed by atoms with Crippen molar-refractivity contribution >= 4 is 5.91 Å². The standard InChI is InChI=1S/C47H85NO13/c1-3-5-7-9-11-13-15-17-19-21-23-25-27-29-31-39(52)48-35(36(51)30-28-26-24-22-20-18-16-14-12-10-8-6-4-2)34-58-46-44(57)42(55)45(38(33-50)60-46)61-47-43(56)41(54)40(53)37(32-49)59-47/h9,11,15,17,28,30,35-38,40-47,49-51,53-57H,3-8,10,12-14,16,18-27,29,31-34H2,1-2H3,(H,48,52)/b11-9-,17-15-,30-28+. The predicted octanol–water partition coefficient (Wildman–Crippen LogP) is 5.15. The zero-order valence-corrected chi connectivity index (χ0v) is 37.4. The van der Waals surface area contributed by atoms with E-state index in [9.17, 15) is 45.6 Å². The average molecular weight is 872 g/mol. The number of allylic oxidation sites excluding steroid dienone is 5. The fourth-order valence-corrected chi connectivity index (χ4v) is 7.60. The molecule has 9 N–H and O–H groups in total. The van der Waals surface area contributed by atoms with Gasteiger partial charge in [-0.15, -0.1) is 0 Å². The van der Waals surface area contributed by atoms with Crippen molar-refractivity contribution in [1.82, 2.24) is 5.32 Å². The Bertz CT molecular complexity index is 1170. The summed E-state index contributed by atoms with van der Waals surface area (Å²) in [7, 11) is 0. The highest BCUT2D eigenvalue weighted by molar-refractivity contribution is 5.76. The molecule has 2 saturated heterocycles. The second-order valence-corrected chi connectivity index (χ2v) is 16.9. The number of aliphatic hydroxyl groups excluding tert-OH is 8. The Labute approximate surface area is 366 Å². The first-order valence-corrected chi connectivity index (χ1v) is 23.7. The number of carbonyl (C=O) groups is 1. The molecular weight excluding hydrogens is 787 g/mol. The summed E-state index contributed by atoms with van der Waals surface area (Å²) >= 11 is 0. The molecule has 14 heteroatoms. The highest BCUT2D eigenvalue weighted by Gasteiger charge is 2.50. The van der Waals surface area contributed by atoms with Gasteiger partial charge in [-0.2, -0.15) is 0 Å². The molecule has 12 unspecified atom stereocenters. The molecule has 2 rings (SSSR count). The van der Waals surface area contributed by atoms with Gasteiger partial charge >= 0.3 is 0 Å². The molecule has 12 atom stereocenters. The summed E-state index contributed by atoms with van der Waals surface area (Å²) in [5, 5.41) is 86.5. The molecule has 0 saturated carbocycles. The van der Waals surface area contributed by atoms with Crippen LogP contribution in [-0.4, -0.2) is 140 Å². The van der Waals surface area contributed by atoms with E-state index in [1.165, 1.54) is 70.6 Å². The number of nitrogens with one attached hydrogen (secondary N) is 1. The topological polar surface area (TPSA) is 228 Å². The van der Waals surface area contributed by atoms with E-state index in [0.29, 0.717) is 6.42 Å². The lowest BCUT2D eigenvalue weighted by atomic mass is 9.97. The van der Waals surface area contributed by atoms with E-state index in [2.05, 4.69) is 43.5 Å². The van der Waals surface area contributed by atoms with Gasteiger partial charge in [0.2, 0.25) is 5.91 Å². The SMILES string of the molecule is CCCC/C=C\C/C=C\CCCCCCCC(=O)NC(COC1OC(CO)C(OC2OC(CO)C(O)C(O)C2O)C(O)C1O)C(O)/C=C/CCCCCCCCCCCCC. The third-order valence-corrected chi connectivity index (χ3v) is 11.6. The normalized spacial score (nSPS) is 28.3.